The van der Waals surface area contributed by atoms with E-state index in [1.54, 1.807) is 0 Å². The maximum absolute atomic E-state index is 12.3. The van der Waals surface area contributed by atoms with Crippen molar-refractivity contribution in [3.05, 3.63) is 35.4 Å². The number of carbonyl (C=O) groups is 1. The Morgan fingerprint density at radius 2 is 2.11 bits per heavy atom. The van der Waals surface area contributed by atoms with Crippen LogP contribution < -0.4 is 5.73 Å². The first kappa shape index (κ1) is 13.1. The summed E-state index contributed by atoms with van der Waals surface area (Å²) in [5.41, 5.74) is 7.42. The van der Waals surface area contributed by atoms with Crippen molar-refractivity contribution in [1.29, 1.82) is 0 Å². The Morgan fingerprint density at radius 1 is 1.44 bits per heavy atom. The van der Waals surface area contributed by atoms with Crippen molar-refractivity contribution in [2.24, 2.45) is 11.7 Å². The number of benzene rings is 1. The van der Waals surface area contributed by atoms with Crippen molar-refractivity contribution < 1.29 is 9.53 Å². The lowest BCUT2D eigenvalue weighted by Gasteiger charge is -2.31. The average Bonchev–Trinajstić information content (AvgIpc) is 3.20. The Labute approximate surface area is 108 Å². The molecule has 0 heterocycles. The normalized spacial score (nSPS) is 18.2. The second-order valence-electron chi connectivity index (χ2n) is 5.24. The molecular formula is C15H21NO2. The van der Waals surface area contributed by atoms with Gasteiger partial charge in [0, 0.05) is 6.54 Å². The maximum Gasteiger partial charge on any atom is 0.317 e. The van der Waals surface area contributed by atoms with Gasteiger partial charge >= 0.3 is 5.97 Å². The third kappa shape index (κ3) is 2.27. The fourth-order valence-electron chi connectivity index (χ4n) is 2.70. The molecule has 2 rings (SSSR count). The summed E-state index contributed by atoms with van der Waals surface area (Å²) in [5, 5.41) is 0. The van der Waals surface area contributed by atoms with E-state index in [4.69, 9.17) is 10.5 Å². The van der Waals surface area contributed by atoms with Crippen LogP contribution in [0.4, 0.5) is 0 Å². The minimum absolute atomic E-state index is 0.203. The summed E-state index contributed by atoms with van der Waals surface area (Å²) in [6.45, 7) is 2.33. The molecule has 1 saturated carbocycles. The molecule has 1 unspecified atom stereocenters. The molecule has 18 heavy (non-hydrogen) atoms. The van der Waals surface area contributed by atoms with Gasteiger partial charge in [0.1, 0.15) is 5.41 Å². The smallest absolute Gasteiger partial charge is 0.317 e. The Morgan fingerprint density at radius 3 is 2.61 bits per heavy atom. The summed E-state index contributed by atoms with van der Waals surface area (Å²) in [5.74, 6) is 0.415. The van der Waals surface area contributed by atoms with Gasteiger partial charge in [0.25, 0.3) is 0 Å². The summed E-state index contributed by atoms with van der Waals surface area (Å²) in [4.78, 5) is 12.3. The van der Waals surface area contributed by atoms with Crippen LogP contribution in [0, 0.1) is 12.8 Å². The highest BCUT2D eigenvalue weighted by Crippen LogP contribution is 2.43. The molecule has 2 N–H and O–H groups in total. The monoisotopic (exact) mass is 247 g/mol. The van der Waals surface area contributed by atoms with Crippen molar-refractivity contribution in [3.8, 4) is 0 Å². The fraction of sp³-hybridized carbons (Fsp3) is 0.533. The molecule has 0 spiro atoms. The number of carbonyl (C=O) groups excluding carboxylic acids is 1. The zero-order valence-electron chi connectivity index (χ0n) is 11.1. The summed E-state index contributed by atoms with van der Waals surface area (Å²) in [6, 6.07) is 7.97. The first-order valence-electron chi connectivity index (χ1n) is 6.48. The van der Waals surface area contributed by atoms with E-state index < -0.39 is 5.41 Å². The van der Waals surface area contributed by atoms with Crippen LogP contribution in [-0.4, -0.2) is 19.6 Å². The molecular weight excluding hydrogens is 226 g/mol. The SMILES string of the molecule is COC(=O)C(CN)(CC1CC1)c1ccccc1C. The van der Waals surface area contributed by atoms with Gasteiger partial charge in [-0.2, -0.15) is 0 Å². The van der Waals surface area contributed by atoms with Crippen LogP contribution in [0.25, 0.3) is 0 Å². The van der Waals surface area contributed by atoms with Crippen LogP contribution in [0.3, 0.4) is 0 Å². The molecule has 0 radical (unpaired) electrons. The molecule has 98 valence electrons. The van der Waals surface area contributed by atoms with Crippen molar-refractivity contribution in [2.45, 2.75) is 31.6 Å². The van der Waals surface area contributed by atoms with Crippen molar-refractivity contribution in [1.82, 2.24) is 0 Å². The van der Waals surface area contributed by atoms with Crippen LogP contribution >= 0.6 is 0 Å². The molecule has 0 amide bonds. The van der Waals surface area contributed by atoms with Crippen LogP contribution in [-0.2, 0) is 14.9 Å². The van der Waals surface area contributed by atoms with Crippen molar-refractivity contribution in [2.75, 3.05) is 13.7 Å². The Bertz CT molecular complexity index is 440. The predicted octanol–water partition coefficient (Wildman–Crippen LogP) is 2.16. The first-order valence-corrected chi connectivity index (χ1v) is 6.48. The van der Waals surface area contributed by atoms with Crippen molar-refractivity contribution >= 4 is 5.97 Å². The number of rotatable bonds is 5. The van der Waals surface area contributed by atoms with Gasteiger partial charge in [0.15, 0.2) is 0 Å². The zero-order valence-corrected chi connectivity index (χ0v) is 11.1. The minimum Gasteiger partial charge on any atom is -0.468 e. The molecule has 1 atom stereocenters. The Kier molecular flexibility index (Phi) is 3.71. The van der Waals surface area contributed by atoms with Crippen LogP contribution in [0.2, 0.25) is 0 Å². The van der Waals surface area contributed by atoms with Crippen LogP contribution in [0.1, 0.15) is 30.4 Å². The van der Waals surface area contributed by atoms with E-state index in [2.05, 4.69) is 0 Å². The molecule has 1 aliphatic carbocycles. The number of hydrogen-bond acceptors (Lipinski definition) is 3. The highest BCUT2D eigenvalue weighted by Gasteiger charge is 2.45. The third-order valence-corrected chi connectivity index (χ3v) is 3.92. The second-order valence-corrected chi connectivity index (χ2v) is 5.24. The highest BCUT2D eigenvalue weighted by molar-refractivity contribution is 5.84. The molecule has 1 aliphatic rings. The Balaban J connectivity index is 2.45. The lowest BCUT2D eigenvalue weighted by Crippen LogP contribution is -2.44. The molecule has 0 bridgehead atoms. The summed E-state index contributed by atoms with van der Waals surface area (Å²) < 4.78 is 5.03. The van der Waals surface area contributed by atoms with Gasteiger partial charge in [-0.3, -0.25) is 4.79 Å². The lowest BCUT2D eigenvalue weighted by molar-refractivity contribution is -0.147. The molecule has 3 nitrogen and oxygen atoms in total. The fourth-order valence-corrected chi connectivity index (χ4v) is 2.70. The molecule has 3 heteroatoms. The highest BCUT2D eigenvalue weighted by atomic mass is 16.5. The molecule has 1 aromatic rings. The number of esters is 1. The zero-order chi connectivity index (χ0) is 13.2. The van der Waals surface area contributed by atoms with E-state index in [1.165, 1.54) is 20.0 Å². The van der Waals surface area contributed by atoms with E-state index in [0.29, 0.717) is 12.5 Å². The first-order chi connectivity index (χ1) is 8.64. The topological polar surface area (TPSA) is 52.3 Å². The Hall–Kier alpha value is -1.35. The lowest BCUT2D eigenvalue weighted by atomic mass is 9.74. The molecule has 1 fully saturated rings. The van der Waals surface area contributed by atoms with Gasteiger partial charge in [0.05, 0.1) is 7.11 Å². The predicted molar refractivity (Wildman–Crippen MR) is 71.3 cm³/mol. The van der Waals surface area contributed by atoms with E-state index in [0.717, 1.165) is 17.5 Å². The quantitative estimate of drug-likeness (QED) is 0.811. The van der Waals surface area contributed by atoms with Crippen LogP contribution in [0.15, 0.2) is 24.3 Å². The third-order valence-electron chi connectivity index (χ3n) is 3.92. The van der Waals surface area contributed by atoms with E-state index in [1.807, 2.05) is 31.2 Å². The molecule has 0 aliphatic heterocycles. The second kappa shape index (κ2) is 5.11. The van der Waals surface area contributed by atoms with Gasteiger partial charge in [-0.25, -0.2) is 0 Å². The summed E-state index contributed by atoms with van der Waals surface area (Å²) >= 11 is 0. The number of hydrogen-bond donors (Lipinski definition) is 1. The molecule has 0 saturated heterocycles. The van der Waals surface area contributed by atoms with Gasteiger partial charge in [-0.1, -0.05) is 37.1 Å². The van der Waals surface area contributed by atoms with Gasteiger partial charge in [-0.15, -0.1) is 0 Å². The maximum atomic E-state index is 12.3. The van der Waals surface area contributed by atoms with Gasteiger partial charge < -0.3 is 10.5 Å². The van der Waals surface area contributed by atoms with Crippen molar-refractivity contribution in [3.63, 3.8) is 0 Å². The standard InChI is InChI=1S/C15H21NO2/c1-11-5-3-4-6-13(11)15(10-16,14(17)18-2)9-12-7-8-12/h3-6,12H,7-10,16H2,1-2H3. The number of methoxy groups -OCH3 is 1. The number of nitrogens with two attached hydrogens (primary N) is 1. The summed E-state index contributed by atoms with van der Waals surface area (Å²) in [6.07, 6.45) is 3.20. The van der Waals surface area contributed by atoms with E-state index >= 15 is 0 Å². The van der Waals surface area contributed by atoms with E-state index in [-0.39, 0.29) is 5.97 Å². The van der Waals surface area contributed by atoms with E-state index in [9.17, 15) is 4.79 Å². The number of ether oxygens (including phenoxy) is 1. The molecule has 1 aromatic carbocycles. The number of aryl methyl sites for hydroxylation is 1. The summed E-state index contributed by atoms with van der Waals surface area (Å²) in [7, 11) is 1.44. The molecule has 0 aromatic heterocycles. The van der Waals surface area contributed by atoms with Crippen LogP contribution in [0.5, 0.6) is 0 Å². The van der Waals surface area contributed by atoms with Gasteiger partial charge in [-0.05, 0) is 30.4 Å². The largest absolute Gasteiger partial charge is 0.468 e. The average molecular weight is 247 g/mol. The minimum atomic E-state index is -0.665. The van der Waals surface area contributed by atoms with Gasteiger partial charge in [0.2, 0.25) is 0 Å².